The fourth-order valence-electron chi connectivity index (χ4n) is 2.47. The van der Waals surface area contributed by atoms with Crippen LogP contribution in [0.15, 0.2) is 47.3 Å². The van der Waals surface area contributed by atoms with Gasteiger partial charge in [0.05, 0.1) is 17.9 Å². The Bertz CT molecular complexity index is 678. The van der Waals surface area contributed by atoms with Crippen LogP contribution in [0.1, 0.15) is 33.9 Å². The van der Waals surface area contributed by atoms with Gasteiger partial charge in [0.2, 0.25) is 5.91 Å². The zero-order valence-electron chi connectivity index (χ0n) is 14.9. The molecule has 1 aromatic heterocycles. The summed E-state index contributed by atoms with van der Waals surface area (Å²) in [6, 6.07) is 9.98. The van der Waals surface area contributed by atoms with Crippen molar-refractivity contribution in [2.75, 3.05) is 27.2 Å². The Labute approximate surface area is 148 Å². The van der Waals surface area contributed by atoms with E-state index in [0.29, 0.717) is 12.1 Å². The molecule has 2 rings (SSSR count). The second kappa shape index (κ2) is 9.03. The molecule has 25 heavy (non-hydrogen) atoms. The van der Waals surface area contributed by atoms with Crippen LogP contribution in [-0.2, 0) is 4.79 Å². The highest BCUT2D eigenvalue weighted by molar-refractivity contribution is 5.94. The van der Waals surface area contributed by atoms with Gasteiger partial charge in [-0.3, -0.25) is 9.59 Å². The van der Waals surface area contributed by atoms with E-state index in [2.05, 4.69) is 39.8 Å². The van der Waals surface area contributed by atoms with E-state index in [-0.39, 0.29) is 30.8 Å². The van der Waals surface area contributed by atoms with Gasteiger partial charge in [0.1, 0.15) is 6.26 Å². The van der Waals surface area contributed by atoms with Gasteiger partial charge in [-0.1, -0.05) is 29.8 Å². The maximum absolute atomic E-state index is 12.0. The highest BCUT2D eigenvalue weighted by Gasteiger charge is 2.15. The predicted molar refractivity (Wildman–Crippen MR) is 96.3 cm³/mol. The quantitative estimate of drug-likeness (QED) is 0.770. The summed E-state index contributed by atoms with van der Waals surface area (Å²) in [7, 11) is 3.98. The summed E-state index contributed by atoms with van der Waals surface area (Å²) in [5.41, 5.74) is 2.82. The molecule has 1 heterocycles. The minimum absolute atomic E-state index is 0.0912. The lowest BCUT2D eigenvalue weighted by atomic mass is 10.0. The number of carbonyl (C=O) groups is 2. The number of likely N-dealkylation sites (N-methyl/N-ethyl adjacent to an activating group) is 1. The van der Waals surface area contributed by atoms with Crippen molar-refractivity contribution in [3.63, 3.8) is 0 Å². The van der Waals surface area contributed by atoms with Crippen molar-refractivity contribution in [3.8, 4) is 0 Å². The first-order valence-electron chi connectivity index (χ1n) is 8.27. The molecule has 0 saturated carbocycles. The van der Waals surface area contributed by atoms with Crippen molar-refractivity contribution in [2.45, 2.75) is 19.4 Å². The molecule has 2 amide bonds. The standard InChI is InChI=1S/C19H25N3O3/c1-14-4-6-15(7-5-14)17(22(2)3)12-21-18(23)8-10-20-19(24)16-9-11-25-13-16/h4-7,9,11,13,17H,8,10,12H2,1-3H3,(H,20,24)(H,21,23)/t17-/m0/s1. The second-order valence-electron chi connectivity index (χ2n) is 6.21. The van der Waals surface area contributed by atoms with Gasteiger partial charge in [0.15, 0.2) is 0 Å². The van der Waals surface area contributed by atoms with Gasteiger partial charge >= 0.3 is 0 Å². The molecule has 0 aliphatic heterocycles. The van der Waals surface area contributed by atoms with Gasteiger partial charge in [-0.15, -0.1) is 0 Å². The Balaban J connectivity index is 1.77. The van der Waals surface area contributed by atoms with E-state index in [1.54, 1.807) is 6.07 Å². The molecule has 134 valence electrons. The third-order valence-corrected chi connectivity index (χ3v) is 4.00. The van der Waals surface area contributed by atoms with Crippen LogP contribution in [0.3, 0.4) is 0 Å². The van der Waals surface area contributed by atoms with Crippen molar-refractivity contribution in [2.24, 2.45) is 0 Å². The number of amides is 2. The summed E-state index contributed by atoms with van der Waals surface area (Å²) in [5, 5.41) is 5.63. The highest BCUT2D eigenvalue weighted by atomic mass is 16.3. The number of hydrogen-bond acceptors (Lipinski definition) is 4. The van der Waals surface area contributed by atoms with E-state index in [1.165, 1.54) is 18.1 Å². The van der Waals surface area contributed by atoms with Gasteiger partial charge in [-0.2, -0.15) is 0 Å². The fourth-order valence-corrected chi connectivity index (χ4v) is 2.47. The van der Waals surface area contributed by atoms with Crippen LogP contribution in [0.4, 0.5) is 0 Å². The lowest BCUT2D eigenvalue weighted by Gasteiger charge is -2.25. The highest BCUT2D eigenvalue weighted by Crippen LogP contribution is 2.17. The molecular formula is C19H25N3O3. The summed E-state index contributed by atoms with van der Waals surface area (Å²) in [5.74, 6) is -0.334. The Morgan fingerprint density at radius 1 is 1.12 bits per heavy atom. The van der Waals surface area contributed by atoms with Crippen LogP contribution in [0.25, 0.3) is 0 Å². The molecule has 0 fully saturated rings. The van der Waals surface area contributed by atoms with Crippen molar-refractivity contribution in [1.82, 2.24) is 15.5 Å². The topological polar surface area (TPSA) is 74.6 Å². The third kappa shape index (κ3) is 5.76. The minimum Gasteiger partial charge on any atom is -0.472 e. The van der Waals surface area contributed by atoms with E-state index in [4.69, 9.17) is 4.42 Å². The molecule has 0 aliphatic rings. The largest absolute Gasteiger partial charge is 0.472 e. The summed E-state index contributed by atoms with van der Waals surface area (Å²) in [6.45, 7) is 2.85. The molecular weight excluding hydrogens is 318 g/mol. The molecule has 0 radical (unpaired) electrons. The van der Waals surface area contributed by atoms with Crippen LogP contribution < -0.4 is 10.6 Å². The molecule has 0 aliphatic carbocycles. The number of nitrogens with zero attached hydrogens (tertiary/aromatic N) is 1. The second-order valence-corrected chi connectivity index (χ2v) is 6.21. The molecule has 0 unspecified atom stereocenters. The summed E-state index contributed by atoms with van der Waals surface area (Å²) in [6.07, 6.45) is 3.05. The van der Waals surface area contributed by atoms with Gasteiger partial charge in [0.25, 0.3) is 5.91 Å². The van der Waals surface area contributed by atoms with Crippen molar-refractivity contribution >= 4 is 11.8 Å². The van der Waals surface area contributed by atoms with Crippen LogP contribution >= 0.6 is 0 Å². The van der Waals surface area contributed by atoms with Crippen LogP contribution in [0.5, 0.6) is 0 Å². The Morgan fingerprint density at radius 2 is 1.84 bits per heavy atom. The van der Waals surface area contributed by atoms with Gasteiger partial charge in [-0.25, -0.2) is 0 Å². The number of rotatable bonds is 8. The number of nitrogens with one attached hydrogen (secondary N) is 2. The first kappa shape index (κ1) is 18.7. The normalized spacial score (nSPS) is 12.0. The van der Waals surface area contributed by atoms with Gasteiger partial charge in [-0.05, 0) is 32.6 Å². The predicted octanol–water partition coefficient (Wildman–Crippen LogP) is 2.13. The van der Waals surface area contributed by atoms with Gasteiger partial charge < -0.3 is 20.0 Å². The van der Waals surface area contributed by atoms with Crippen LogP contribution in [0.2, 0.25) is 0 Å². The molecule has 2 aromatic rings. The maximum Gasteiger partial charge on any atom is 0.254 e. The average Bonchev–Trinajstić information content (AvgIpc) is 3.11. The zero-order valence-corrected chi connectivity index (χ0v) is 14.9. The summed E-state index contributed by atoms with van der Waals surface area (Å²) in [4.78, 5) is 25.8. The molecule has 6 nitrogen and oxygen atoms in total. The molecule has 1 atom stereocenters. The van der Waals surface area contributed by atoms with Crippen molar-refractivity contribution < 1.29 is 14.0 Å². The smallest absolute Gasteiger partial charge is 0.254 e. The van der Waals surface area contributed by atoms with E-state index >= 15 is 0 Å². The van der Waals surface area contributed by atoms with Gasteiger partial charge in [0, 0.05) is 19.5 Å². The Hall–Kier alpha value is -2.60. The lowest BCUT2D eigenvalue weighted by molar-refractivity contribution is -0.121. The number of carbonyl (C=O) groups excluding carboxylic acids is 2. The minimum atomic E-state index is -0.243. The van der Waals surface area contributed by atoms with E-state index in [0.717, 1.165) is 5.56 Å². The molecule has 6 heteroatoms. The lowest BCUT2D eigenvalue weighted by Crippen LogP contribution is -2.36. The number of furan rings is 1. The molecule has 0 spiro atoms. The first-order chi connectivity index (χ1) is 12.0. The van der Waals surface area contributed by atoms with Crippen molar-refractivity contribution in [1.29, 1.82) is 0 Å². The summed E-state index contributed by atoms with van der Waals surface area (Å²) < 4.78 is 4.85. The fraction of sp³-hybridized carbons (Fsp3) is 0.368. The Morgan fingerprint density at radius 3 is 2.44 bits per heavy atom. The average molecular weight is 343 g/mol. The number of benzene rings is 1. The zero-order chi connectivity index (χ0) is 18.2. The van der Waals surface area contributed by atoms with Crippen LogP contribution in [-0.4, -0.2) is 43.9 Å². The maximum atomic E-state index is 12.0. The number of aryl methyl sites for hydroxylation is 1. The molecule has 2 N–H and O–H groups in total. The molecule has 1 aromatic carbocycles. The summed E-state index contributed by atoms with van der Waals surface area (Å²) >= 11 is 0. The van der Waals surface area contributed by atoms with Crippen LogP contribution in [0, 0.1) is 6.92 Å². The monoisotopic (exact) mass is 343 g/mol. The Kier molecular flexibility index (Phi) is 6.77. The van der Waals surface area contributed by atoms with E-state index < -0.39 is 0 Å². The van der Waals surface area contributed by atoms with E-state index in [1.807, 2.05) is 21.0 Å². The van der Waals surface area contributed by atoms with E-state index in [9.17, 15) is 9.59 Å². The first-order valence-corrected chi connectivity index (χ1v) is 8.27. The SMILES string of the molecule is Cc1ccc([C@H](CNC(=O)CCNC(=O)c2ccoc2)N(C)C)cc1. The molecule has 0 saturated heterocycles. The van der Waals surface area contributed by atoms with Crippen molar-refractivity contribution in [3.05, 3.63) is 59.5 Å². The number of hydrogen-bond donors (Lipinski definition) is 2. The third-order valence-electron chi connectivity index (χ3n) is 4.00. The molecule has 0 bridgehead atoms.